The molecule has 1 aliphatic heterocycles. The van der Waals surface area contributed by atoms with E-state index in [4.69, 9.17) is 4.74 Å². The third-order valence-corrected chi connectivity index (χ3v) is 4.92. The first-order valence-corrected chi connectivity index (χ1v) is 9.29. The van der Waals surface area contributed by atoms with E-state index in [1.54, 1.807) is 4.90 Å². The van der Waals surface area contributed by atoms with Crippen molar-refractivity contribution in [1.29, 1.82) is 0 Å². The Hall–Kier alpha value is -2.04. The average Bonchev–Trinajstić information content (AvgIpc) is 3.01. The van der Waals surface area contributed by atoms with Crippen molar-refractivity contribution < 1.29 is 14.3 Å². The maximum Gasteiger partial charge on any atom is 0.227 e. The molecule has 1 aromatic carbocycles. The minimum absolute atomic E-state index is 0.0708. The standard InChI is InChI=1S/C20H30N2O3/c1-4-17(5-2)22-15-16(14-19(22)23)20(24)21(3)12-9-13-25-18-10-7-6-8-11-18/h6-8,10-11,16-17H,4-5,9,12-15H2,1-3H3. The summed E-state index contributed by atoms with van der Waals surface area (Å²) in [5, 5.41) is 0. The molecular weight excluding hydrogens is 316 g/mol. The lowest BCUT2D eigenvalue weighted by molar-refractivity contribution is -0.134. The van der Waals surface area contributed by atoms with Gasteiger partial charge in [0.25, 0.3) is 0 Å². The van der Waals surface area contributed by atoms with Gasteiger partial charge in [0.2, 0.25) is 11.8 Å². The number of likely N-dealkylation sites (tertiary alicyclic amines) is 1. The lowest BCUT2D eigenvalue weighted by Crippen LogP contribution is -2.38. The van der Waals surface area contributed by atoms with Crippen LogP contribution in [0.2, 0.25) is 0 Å². The zero-order valence-corrected chi connectivity index (χ0v) is 15.6. The van der Waals surface area contributed by atoms with Crippen LogP contribution in [0, 0.1) is 5.92 Å². The van der Waals surface area contributed by atoms with Gasteiger partial charge in [0.1, 0.15) is 5.75 Å². The zero-order valence-electron chi connectivity index (χ0n) is 15.6. The topological polar surface area (TPSA) is 49.9 Å². The molecule has 5 nitrogen and oxygen atoms in total. The van der Waals surface area contributed by atoms with E-state index in [2.05, 4.69) is 13.8 Å². The van der Waals surface area contributed by atoms with Crippen LogP contribution < -0.4 is 4.74 Å². The Balaban J connectivity index is 1.75. The molecule has 5 heteroatoms. The van der Waals surface area contributed by atoms with Crippen LogP contribution in [-0.2, 0) is 9.59 Å². The van der Waals surface area contributed by atoms with Gasteiger partial charge in [-0.25, -0.2) is 0 Å². The smallest absolute Gasteiger partial charge is 0.227 e. The van der Waals surface area contributed by atoms with Gasteiger partial charge in [0.15, 0.2) is 0 Å². The summed E-state index contributed by atoms with van der Waals surface area (Å²) in [4.78, 5) is 28.5. The van der Waals surface area contributed by atoms with E-state index in [1.807, 2.05) is 42.3 Å². The molecule has 0 spiro atoms. The summed E-state index contributed by atoms with van der Waals surface area (Å²) in [7, 11) is 1.81. The van der Waals surface area contributed by atoms with Gasteiger partial charge < -0.3 is 14.5 Å². The first-order chi connectivity index (χ1) is 12.1. The number of ether oxygens (including phenoxy) is 1. The molecule has 1 fully saturated rings. The second-order valence-electron chi connectivity index (χ2n) is 6.69. The van der Waals surface area contributed by atoms with Crippen LogP contribution in [0.1, 0.15) is 39.5 Å². The number of rotatable bonds is 9. The van der Waals surface area contributed by atoms with Crippen LogP contribution in [0.3, 0.4) is 0 Å². The molecule has 0 aliphatic carbocycles. The second-order valence-corrected chi connectivity index (χ2v) is 6.69. The second kappa shape index (κ2) is 9.44. The van der Waals surface area contributed by atoms with Gasteiger partial charge in [0.05, 0.1) is 12.5 Å². The van der Waals surface area contributed by atoms with E-state index >= 15 is 0 Å². The van der Waals surface area contributed by atoms with Crippen LogP contribution in [0.4, 0.5) is 0 Å². The maximum absolute atomic E-state index is 12.6. The number of hydrogen-bond donors (Lipinski definition) is 0. The van der Waals surface area contributed by atoms with Gasteiger partial charge in [-0.15, -0.1) is 0 Å². The van der Waals surface area contributed by atoms with E-state index in [0.29, 0.717) is 26.1 Å². The third kappa shape index (κ3) is 5.21. The van der Waals surface area contributed by atoms with Crippen LogP contribution in [0.5, 0.6) is 5.75 Å². The molecule has 0 bridgehead atoms. The number of hydrogen-bond acceptors (Lipinski definition) is 3. The van der Waals surface area contributed by atoms with E-state index in [0.717, 1.165) is 25.0 Å². The van der Waals surface area contributed by atoms with Crippen LogP contribution in [-0.4, -0.2) is 54.4 Å². The van der Waals surface area contributed by atoms with E-state index in [9.17, 15) is 9.59 Å². The van der Waals surface area contributed by atoms with Gasteiger partial charge in [0, 0.05) is 32.6 Å². The monoisotopic (exact) mass is 346 g/mol. The van der Waals surface area contributed by atoms with Crippen molar-refractivity contribution in [2.24, 2.45) is 5.92 Å². The highest BCUT2D eigenvalue weighted by molar-refractivity contribution is 5.89. The number of para-hydroxylation sites is 1. The van der Waals surface area contributed by atoms with Gasteiger partial charge in [-0.2, -0.15) is 0 Å². The molecule has 1 aromatic rings. The lowest BCUT2D eigenvalue weighted by Gasteiger charge is -2.26. The summed E-state index contributed by atoms with van der Waals surface area (Å²) >= 11 is 0. The van der Waals surface area contributed by atoms with Crippen molar-refractivity contribution in [3.8, 4) is 5.75 Å². The Bertz CT molecular complexity index is 557. The summed E-state index contributed by atoms with van der Waals surface area (Å²) in [6.07, 6.45) is 3.00. The minimum Gasteiger partial charge on any atom is -0.494 e. The normalized spacial score (nSPS) is 17.2. The number of nitrogens with zero attached hydrogens (tertiary/aromatic N) is 2. The number of carbonyl (C=O) groups is 2. The first-order valence-electron chi connectivity index (χ1n) is 9.29. The molecule has 0 N–H and O–H groups in total. The number of carbonyl (C=O) groups excluding carboxylic acids is 2. The van der Waals surface area contributed by atoms with Gasteiger partial charge in [-0.1, -0.05) is 32.0 Å². The summed E-state index contributed by atoms with van der Waals surface area (Å²) in [6, 6.07) is 9.93. The van der Waals surface area contributed by atoms with Gasteiger partial charge in [-0.3, -0.25) is 9.59 Å². The molecule has 2 rings (SSSR count). The zero-order chi connectivity index (χ0) is 18.2. The van der Waals surface area contributed by atoms with Crippen LogP contribution in [0.25, 0.3) is 0 Å². The average molecular weight is 346 g/mol. The largest absolute Gasteiger partial charge is 0.494 e. The van der Waals surface area contributed by atoms with Crippen LogP contribution >= 0.6 is 0 Å². The molecule has 0 saturated carbocycles. The lowest BCUT2D eigenvalue weighted by atomic mass is 10.1. The Morgan fingerprint density at radius 2 is 1.96 bits per heavy atom. The summed E-state index contributed by atoms with van der Waals surface area (Å²) in [6.45, 7) is 5.96. The van der Waals surface area contributed by atoms with Crippen molar-refractivity contribution in [2.45, 2.75) is 45.6 Å². The molecular formula is C20H30N2O3. The first kappa shape index (κ1) is 19.3. The quantitative estimate of drug-likeness (QED) is 0.646. The summed E-state index contributed by atoms with van der Waals surface area (Å²) in [5.41, 5.74) is 0. The van der Waals surface area contributed by atoms with Crippen LogP contribution in [0.15, 0.2) is 30.3 Å². The number of amides is 2. The predicted molar refractivity (Wildman–Crippen MR) is 98.4 cm³/mol. The molecule has 2 amide bonds. The van der Waals surface area contributed by atoms with Gasteiger partial charge in [-0.05, 0) is 31.4 Å². The Kier molecular flexibility index (Phi) is 7.29. The summed E-state index contributed by atoms with van der Waals surface area (Å²) in [5.74, 6) is 0.834. The Morgan fingerprint density at radius 1 is 1.28 bits per heavy atom. The number of benzene rings is 1. The van der Waals surface area contributed by atoms with Crippen molar-refractivity contribution >= 4 is 11.8 Å². The highest BCUT2D eigenvalue weighted by Gasteiger charge is 2.37. The van der Waals surface area contributed by atoms with E-state index in [1.165, 1.54) is 0 Å². The molecule has 1 saturated heterocycles. The Labute approximate surface area is 150 Å². The SMILES string of the molecule is CCC(CC)N1CC(C(=O)N(C)CCCOc2ccccc2)CC1=O. The molecule has 0 radical (unpaired) electrons. The van der Waals surface area contributed by atoms with Crippen molar-refractivity contribution in [2.75, 3.05) is 26.7 Å². The molecule has 1 unspecified atom stereocenters. The van der Waals surface area contributed by atoms with Crippen molar-refractivity contribution in [3.05, 3.63) is 30.3 Å². The molecule has 1 heterocycles. The molecule has 25 heavy (non-hydrogen) atoms. The van der Waals surface area contributed by atoms with Crippen molar-refractivity contribution in [1.82, 2.24) is 9.80 Å². The molecule has 1 aliphatic rings. The fourth-order valence-electron chi connectivity index (χ4n) is 3.41. The molecule has 138 valence electrons. The predicted octanol–water partition coefficient (Wildman–Crippen LogP) is 2.95. The highest BCUT2D eigenvalue weighted by Crippen LogP contribution is 2.24. The molecule has 1 atom stereocenters. The van der Waals surface area contributed by atoms with E-state index < -0.39 is 0 Å². The highest BCUT2D eigenvalue weighted by atomic mass is 16.5. The fraction of sp³-hybridized carbons (Fsp3) is 0.600. The minimum atomic E-state index is -0.201. The Morgan fingerprint density at radius 3 is 2.60 bits per heavy atom. The maximum atomic E-state index is 12.6. The third-order valence-electron chi connectivity index (χ3n) is 4.92. The van der Waals surface area contributed by atoms with E-state index in [-0.39, 0.29) is 23.8 Å². The molecule has 0 aromatic heterocycles. The summed E-state index contributed by atoms with van der Waals surface area (Å²) < 4.78 is 5.66. The van der Waals surface area contributed by atoms with Crippen molar-refractivity contribution in [3.63, 3.8) is 0 Å². The fourth-order valence-corrected chi connectivity index (χ4v) is 3.41. The van der Waals surface area contributed by atoms with Gasteiger partial charge >= 0.3 is 0 Å².